The van der Waals surface area contributed by atoms with Gasteiger partial charge < -0.3 is 10.2 Å². The standard InChI is InChI=1S/C15H23NO4S/c1-2-15(18)13-6-3-7-14(9-13)21(19,20)16-8-4-5-12(10-16)11-17/h3,6-7,9,12,15,17-18H,2,4-5,8,10-11H2,1H3. The summed E-state index contributed by atoms with van der Waals surface area (Å²) in [6, 6.07) is 6.50. The van der Waals surface area contributed by atoms with Crippen molar-refractivity contribution >= 4 is 10.0 Å². The maximum atomic E-state index is 12.7. The molecule has 2 unspecified atom stereocenters. The highest BCUT2D eigenvalue weighted by molar-refractivity contribution is 7.89. The highest BCUT2D eigenvalue weighted by Crippen LogP contribution is 2.26. The third-order valence-electron chi connectivity index (χ3n) is 4.01. The minimum absolute atomic E-state index is 0.0120. The summed E-state index contributed by atoms with van der Waals surface area (Å²) in [6.07, 6.45) is 1.52. The van der Waals surface area contributed by atoms with E-state index in [1.807, 2.05) is 6.92 Å². The van der Waals surface area contributed by atoms with Crippen molar-refractivity contribution in [1.82, 2.24) is 4.31 Å². The van der Waals surface area contributed by atoms with Crippen LogP contribution in [0.2, 0.25) is 0 Å². The molecule has 5 nitrogen and oxygen atoms in total. The maximum absolute atomic E-state index is 12.7. The monoisotopic (exact) mass is 313 g/mol. The van der Waals surface area contributed by atoms with Gasteiger partial charge in [0.2, 0.25) is 10.0 Å². The van der Waals surface area contributed by atoms with E-state index < -0.39 is 16.1 Å². The van der Waals surface area contributed by atoms with Crippen LogP contribution >= 0.6 is 0 Å². The van der Waals surface area contributed by atoms with E-state index in [2.05, 4.69) is 0 Å². The fourth-order valence-corrected chi connectivity index (χ4v) is 4.27. The van der Waals surface area contributed by atoms with Crippen molar-refractivity contribution in [3.8, 4) is 0 Å². The maximum Gasteiger partial charge on any atom is 0.243 e. The normalized spacial score (nSPS) is 22.1. The lowest BCUT2D eigenvalue weighted by Crippen LogP contribution is -2.40. The van der Waals surface area contributed by atoms with E-state index in [1.165, 1.54) is 4.31 Å². The second-order valence-corrected chi connectivity index (χ2v) is 7.49. The Labute approximate surface area is 126 Å². The first-order chi connectivity index (χ1) is 9.98. The largest absolute Gasteiger partial charge is 0.396 e. The van der Waals surface area contributed by atoms with Gasteiger partial charge in [0.25, 0.3) is 0 Å². The van der Waals surface area contributed by atoms with Gasteiger partial charge in [-0.05, 0) is 42.9 Å². The van der Waals surface area contributed by atoms with Crippen LogP contribution < -0.4 is 0 Å². The second-order valence-electron chi connectivity index (χ2n) is 5.55. The highest BCUT2D eigenvalue weighted by atomic mass is 32.2. The van der Waals surface area contributed by atoms with Gasteiger partial charge in [0.05, 0.1) is 11.0 Å². The molecule has 0 radical (unpaired) electrons. The van der Waals surface area contributed by atoms with Crippen LogP contribution in [0.5, 0.6) is 0 Å². The highest BCUT2D eigenvalue weighted by Gasteiger charge is 2.30. The van der Waals surface area contributed by atoms with Gasteiger partial charge in [0.1, 0.15) is 0 Å². The van der Waals surface area contributed by atoms with Crippen LogP contribution in [-0.2, 0) is 10.0 Å². The molecule has 1 aliphatic heterocycles. The van der Waals surface area contributed by atoms with Gasteiger partial charge in [0, 0.05) is 19.7 Å². The van der Waals surface area contributed by atoms with Crippen LogP contribution in [0.3, 0.4) is 0 Å². The molecule has 2 atom stereocenters. The van der Waals surface area contributed by atoms with Crippen LogP contribution in [0.25, 0.3) is 0 Å². The molecule has 2 N–H and O–H groups in total. The van der Waals surface area contributed by atoms with E-state index in [9.17, 15) is 18.6 Å². The number of nitrogens with zero attached hydrogens (tertiary/aromatic N) is 1. The van der Waals surface area contributed by atoms with Crippen LogP contribution in [0.4, 0.5) is 0 Å². The average Bonchev–Trinajstić information content (AvgIpc) is 2.54. The van der Waals surface area contributed by atoms with Gasteiger partial charge >= 0.3 is 0 Å². The number of hydrogen-bond acceptors (Lipinski definition) is 4. The van der Waals surface area contributed by atoms with Crippen molar-refractivity contribution in [1.29, 1.82) is 0 Å². The molecule has 1 aromatic rings. The zero-order valence-electron chi connectivity index (χ0n) is 12.3. The Hall–Kier alpha value is -0.950. The van der Waals surface area contributed by atoms with E-state index >= 15 is 0 Å². The molecule has 0 amide bonds. The van der Waals surface area contributed by atoms with E-state index in [0.717, 1.165) is 12.8 Å². The van der Waals surface area contributed by atoms with Gasteiger partial charge in [0.15, 0.2) is 0 Å². The first kappa shape index (κ1) is 16.4. The molecule has 21 heavy (non-hydrogen) atoms. The van der Waals surface area contributed by atoms with Crippen molar-refractivity contribution in [3.05, 3.63) is 29.8 Å². The van der Waals surface area contributed by atoms with Gasteiger partial charge in [-0.1, -0.05) is 19.1 Å². The third-order valence-corrected chi connectivity index (χ3v) is 5.87. The molecular formula is C15H23NO4S. The predicted molar refractivity (Wildman–Crippen MR) is 80.3 cm³/mol. The van der Waals surface area contributed by atoms with Crippen LogP contribution in [0.1, 0.15) is 37.9 Å². The molecule has 1 heterocycles. The van der Waals surface area contributed by atoms with Gasteiger partial charge in [-0.15, -0.1) is 0 Å². The molecule has 1 aromatic carbocycles. The Morgan fingerprint density at radius 1 is 1.43 bits per heavy atom. The first-order valence-corrected chi connectivity index (χ1v) is 8.82. The lowest BCUT2D eigenvalue weighted by atomic mass is 10.0. The van der Waals surface area contributed by atoms with Gasteiger partial charge in [-0.25, -0.2) is 8.42 Å². The molecule has 2 rings (SSSR count). The van der Waals surface area contributed by atoms with E-state index in [4.69, 9.17) is 0 Å². The summed E-state index contributed by atoms with van der Waals surface area (Å²) in [5.41, 5.74) is 0.620. The third kappa shape index (κ3) is 3.63. The van der Waals surface area contributed by atoms with E-state index in [-0.39, 0.29) is 17.4 Å². The van der Waals surface area contributed by atoms with Crippen LogP contribution in [-0.4, -0.2) is 42.6 Å². The molecule has 118 valence electrons. The van der Waals surface area contributed by atoms with Crippen LogP contribution in [0.15, 0.2) is 29.2 Å². The molecule has 6 heteroatoms. The molecule has 1 aliphatic rings. The molecule has 0 aliphatic carbocycles. The summed E-state index contributed by atoms with van der Waals surface area (Å²) in [6.45, 7) is 2.71. The van der Waals surface area contributed by atoms with Crippen molar-refractivity contribution in [2.75, 3.05) is 19.7 Å². The molecule has 0 saturated carbocycles. The fourth-order valence-electron chi connectivity index (χ4n) is 2.66. The number of aliphatic hydroxyl groups excluding tert-OH is 2. The van der Waals surface area contributed by atoms with Crippen molar-refractivity contribution in [2.45, 2.75) is 37.2 Å². The summed E-state index contributed by atoms with van der Waals surface area (Å²) in [4.78, 5) is 0.214. The minimum atomic E-state index is -3.56. The molecule has 0 aromatic heterocycles. The molecular weight excluding hydrogens is 290 g/mol. The summed E-state index contributed by atoms with van der Waals surface area (Å²) >= 11 is 0. The van der Waals surface area contributed by atoms with Crippen LogP contribution in [0, 0.1) is 5.92 Å². The van der Waals surface area contributed by atoms with Crippen molar-refractivity contribution in [3.63, 3.8) is 0 Å². The van der Waals surface area contributed by atoms with E-state index in [0.29, 0.717) is 25.1 Å². The Balaban J connectivity index is 2.27. The Kier molecular flexibility index (Phi) is 5.37. The smallest absolute Gasteiger partial charge is 0.243 e. The minimum Gasteiger partial charge on any atom is -0.396 e. The number of aliphatic hydroxyl groups is 2. The fraction of sp³-hybridized carbons (Fsp3) is 0.600. The number of sulfonamides is 1. The summed E-state index contributed by atoms with van der Waals surface area (Å²) < 4.78 is 26.8. The zero-order chi connectivity index (χ0) is 15.5. The van der Waals surface area contributed by atoms with Crippen molar-refractivity contribution < 1.29 is 18.6 Å². The average molecular weight is 313 g/mol. The van der Waals surface area contributed by atoms with E-state index in [1.54, 1.807) is 24.3 Å². The first-order valence-electron chi connectivity index (χ1n) is 7.38. The van der Waals surface area contributed by atoms with Crippen molar-refractivity contribution in [2.24, 2.45) is 5.92 Å². The summed E-state index contributed by atoms with van der Waals surface area (Å²) in [5.74, 6) is 0.0120. The quantitative estimate of drug-likeness (QED) is 0.864. The number of benzene rings is 1. The van der Waals surface area contributed by atoms with Gasteiger partial charge in [-0.2, -0.15) is 4.31 Å². The lowest BCUT2D eigenvalue weighted by molar-refractivity contribution is 0.165. The zero-order valence-corrected chi connectivity index (χ0v) is 13.1. The number of hydrogen-bond donors (Lipinski definition) is 2. The molecule has 0 spiro atoms. The Bertz CT molecular complexity index is 573. The molecule has 1 fully saturated rings. The Morgan fingerprint density at radius 3 is 2.86 bits per heavy atom. The lowest BCUT2D eigenvalue weighted by Gasteiger charge is -2.31. The second kappa shape index (κ2) is 6.87. The number of piperidine rings is 1. The molecule has 1 saturated heterocycles. The number of rotatable bonds is 5. The Morgan fingerprint density at radius 2 is 2.19 bits per heavy atom. The summed E-state index contributed by atoms with van der Waals surface area (Å²) in [7, 11) is -3.56. The topological polar surface area (TPSA) is 77.8 Å². The molecule has 0 bridgehead atoms. The SMILES string of the molecule is CCC(O)c1cccc(S(=O)(=O)N2CCCC(CO)C2)c1. The van der Waals surface area contributed by atoms with Gasteiger partial charge in [-0.3, -0.25) is 0 Å². The predicted octanol–water partition coefficient (Wildman–Crippen LogP) is 1.52. The summed E-state index contributed by atoms with van der Waals surface area (Å²) in [5, 5.41) is 19.1.